The molecule has 4 rings (SSSR count). The molecule has 1 saturated heterocycles. The molecular formula is C22H26N4O2S. The Morgan fingerprint density at radius 2 is 2.10 bits per heavy atom. The second-order valence-electron chi connectivity index (χ2n) is 7.64. The van der Waals surface area contributed by atoms with E-state index in [0.717, 1.165) is 43.7 Å². The maximum Gasteiger partial charge on any atom is 0.264 e. The molecule has 2 aliphatic rings. The Kier molecular flexibility index (Phi) is 6.06. The van der Waals surface area contributed by atoms with Crippen LogP contribution in [0.5, 0.6) is 0 Å². The van der Waals surface area contributed by atoms with Gasteiger partial charge in [0, 0.05) is 45.0 Å². The molecule has 0 aliphatic carbocycles. The van der Waals surface area contributed by atoms with Gasteiger partial charge in [-0.1, -0.05) is 18.2 Å². The highest BCUT2D eigenvalue weighted by atomic mass is 32.1. The molecule has 0 spiro atoms. The van der Waals surface area contributed by atoms with Crippen LogP contribution in [0.1, 0.15) is 39.7 Å². The minimum atomic E-state index is -0.435. The van der Waals surface area contributed by atoms with Crippen LogP contribution in [-0.4, -0.2) is 58.8 Å². The Hall–Kier alpha value is -2.51. The molecule has 0 radical (unpaired) electrons. The molecular weight excluding hydrogens is 384 g/mol. The average Bonchev–Trinajstić information content (AvgIpc) is 3.29. The van der Waals surface area contributed by atoms with Crippen LogP contribution in [0.4, 0.5) is 0 Å². The number of piperidine rings is 1. The van der Waals surface area contributed by atoms with E-state index in [1.807, 2.05) is 35.7 Å². The first kappa shape index (κ1) is 19.8. The Balaban J connectivity index is 1.47. The molecule has 1 N–H and O–H groups in total. The van der Waals surface area contributed by atoms with Gasteiger partial charge in [-0.3, -0.25) is 19.5 Å². The smallest absolute Gasteiger partial charge is 0.264 e. The number of hydrogen-bond donors (Lipinski definition) is 1. The first-order valence-electron chi connectivity index (χ1n) is 10.1. The third-order valence-corrected chi connectivity index (χ3v) is 6.54. The summed E-state index contributed by atoms with van der Waals surface area (Å²) in [7, 11) is 0. The van der Waals surface area contributed by atoms with Gasteiger partial charge in [-0.2, -0.15) is 0 Å². The Morgan fingerprint density at radius 3 is 2.83 bits per heavy atom. The zero-order valence-electron chi connectivity index (χ0n) is 16.4. The molecule has 1 unspecified atom stereocenters. The normalized spacial score (nSPS) is 20.1. The molecule has 29 heavy (non-hydrogen) atoms. The van der Waals surface area contributed by atoms with Gasteiger partial charge in [0.05, 0.1) is 16.5 Å². The first-order chi connectivity index (χ1) is 14.2. The van der Waals surface area contributed by atoms with Crippen LogP contribution in [0.25, 0.3) is 0 Å². The lowest BCUT2D eigenvalue weighted by Crippen LogP contribution is -2.49. The van der Waals surface area contributed by atoms with Gasteiger partial charge in [0.1, 0.15) is 0 Å². The van der Waals surface area contributed by atoms with Crippen molar-refractivity contribution in [3.63, 3.8) is 0 Å². The van der Waals surface area contributed by atoms with Crippen LogP contribution < -0.4 is 5.32 Å². The van der Waals surface area contributed by atoms with Gasteiger partial charge >= 0.3 is 0 Å². The second kappa shape index (κ2) is 8.88. The van der Waals surface area contributed by atoms with E-state index in [-0.39, 0.29) is 17.9 Å². The van der Waals surface area contributed by atoms with E-state index in [4.69, 9.17) is 0 Å². The number of carbonyl (C=O) groups is 2. The third kappa shape index (κ3) is 4.41. The summed E-state index contributed by atoms with van der Waals surface area (Å²) >= 11 is 1.43. The molecule has 152 valence electrons. The zero-order valence-corrected chi connectivity index (χ0v) is 17.2. The average molecular weight is 411 g/mol. The molecule has 0 bridgehead atoms. The Bertz CT molecular complexity index is 875. The number of rotatable bonds is 5. The largest absolute Gasteiger partial charge is 0.353 e. The minimum absolute atomic E-state index is 0.0231. The summed E-state index contributed by atoms with van der Waals surface area (Å²) < 4.78 is 0. The van der Waals surface area contributed by atoms with Crippen LogP contribution >= 0.6 is 11.3 Å². The minimum Gasteiger partial charge on any atom is -0.353 e. The number of carbonyl (C=O) groups excluding carboxylic acids is 2. The highest BCUT2D eigenvalue weighted by Gasteiger charge is 2.35. The quantitative estimate of drug-likeness (QED) is 0.770. The number of hydrogen-bond acceptors (Lipinski definition) is 5. The van der Waals surface area contributed by atoms with Gasteiger partial charge in [-0.15, -0.1) is 17.9 Å². The number of nitrogens with zero attached hydrogens (tertiary/aromatic N) is 3. The predicted octanol–water partition coefficient (Wildman–Crippen LogP) is 2.65. The van der Waals surface area contributed by atoms with E-state index in [2.05, 4.69) is 21.8 Å². The Morgan fingerprint density at radius 1 is 1.28 bits per heavy atom. The number of amides is 2. The third-order valence-electron chi connectivity index (χ3n) is 5.68. The summed E-state index contributed by atoms with van der Waals surface area (Å²) in [6.45, 7) is 7.45. The van der Waals surface area contributed by atoms with Crippen LogP contribution in [0, 0.1) is 0 Å². The molecule has 2 aliphatic heterocycles. The van der Waals surface area contributed by atoms with Crippen LogP contribution in [0.2, 0.25) is 0 Å². The molecule has 1 fully saturated rings. The van der Waals surface area contributed by atoms with Gasteiger partial charge < -0.3 is 10.2 Å². The lowest BCUT2D eigenvalue weighted by Gasteiger charge is -2.35. The van der Waals surface area contributed by atoms with E-state index >= 15 is 0 Å². The lowest BCUT2D eigenvalue weighted by molar-refractivity contribution is -0.124. The van der Waals surface area contributed by atoms with Crippen molar-refractivity contribution in [1.29, 1.82) is 0 Å². The molecule has 6 nitrogen and oxygen atoms in total. The molecule has 2 aromatic rings. The van der Waals surface area contributed by atoms with Crippen molar-refractivity contribution in [2.24, 2.45) is 0 Å². The Labute approximate surface area is 175 Å². The van der Waals surface area contributed by atoms with Crippen molar-refractivity contribution in [2.45, 2.75) is 31.3 Å². The fourth-order valence-corrected chi connectivity index (χ4v) is 4.83. The van der Waals surface area contributed by atoms with Gasteiger partial charge in [-0.25, -0.2) is 0 Å². The fourth-order valence-electron chi connectivity index (χ4n) is 4.14. The number of likely N-dealkylation sites (tertiary alicyclic amines) is 1. The molecule has 0 saturated carbocycles. The van der Waals surface area contributed by atoms with E-state index in [0.29, 0.717) is 18.0 Å². The summed E-state index contributed by atoms with van der Waals surface area (Å²) in [5, 5.41) is 5.12. The molecule has 0 aromatic carbocycles. The van der Waals surface area contributed by atoms with Gasteiger partial charge in [0.25, 0.3) is 5.91 Å². The number of pyridine rings is 1. The summed E-state index contributed by atoms with van der Waals surface area (Å²) in [5.74, 6) is -0.490. The topological polar surface area (TPSA) is 65.5 Å². The van der Waals surface area contributed by atoms with Gasteiger partial charge in [0.2, 0.25) is 5.91 Å². The SMILES string of the molecule is C=CCN1CCC(NC(=O)C2CN(C(=O)c3cccs3)Cc3cccnc32)CC1. The zero-order chi connectivity index (χ0) is 20.2. The van der Waals surface area contributed by atoms with Crippen molar-refractivity contribution in [3.05, 3.63) is 64.6 Å². The van der Waals surface area contributed by atoms with Crippen molar-refractivity contribution in [3.8, 4) is 0 Å². The second-order valence-corrected chi connectivity index (χ2v) is 8.58. The van der Waals surface area contributed by atoms with E-state index in [1.165, 1.54) is 11.3 Å². The standard InChI is InChI=1S/C22H26N4O2S/c1-2-10-25-11-7-17(8-12-25)24-21(27)18-15-26(22(28)19-6-4-13-29-19)14-16-5-3-9-23-20(16)18/h2-6,9,13,17-18H,1,7-8,10-12,14-15H2,(H,24,27). The summed E-state index contributed by atoms with van der Waals surface area (Å²) in [6.07, 6.45) is 5.50. The first-order valence-corrected chi connectivity index (χ1v) is 10.9. The monoisotopic (exact) mass is 410 g/mol. The molecule has 2 amide bonds. The predicted molar refractivity (Wildman–Crippen MR) is 114 cm³/mol. The number of fused-ring (bicyclic) bond motifs is 1. The van der Waals surface area contributed by atoms with Crippen molar-refractivity contribution in [2.75, 3.05) is 26.2 Å². The lowest BCUT2D eigenvalue weighted by atomic mass is 9.93. The van der Waals surface area contributed by atoms with Crippen molar-refractivity contribution >= 4 is 23.2 Å². The number of thiophene rings is 1. The maximum atomic E-state index is 13.2. The molecule has 4 heterocycles. The molecule has 2 aromatic heterocycles. The fraction of sp³-hybridized carbons (Fsp3) is 0.409. The van der Waals surface area contributed by atoms with E-state index in [9.17, 15) is 9.59 Å². The maximum absolute atomic E-state index is 13.2. The van der Waals surface area contributed by atoms with Gasteiger partial charge in [0.15, 0.2) is 0 Å². The highest BCUT2D eigenvalue weighted by Crippen LogP contribution is 2.29. The van der Waals surface area contributed by atoms with E-state index in [1.54, 1.807) is 11.1 Å². The van der Waals surface area contributed by atoms with Crippen LogP contribution in [0.15, 0.2) is 48.5 Å². The highest BCUT2D eigenvalue weighted by molar-refractivity contribution is 7.12. The van der Waals surface area contributed by atoms with Crippen LogP contribution in [-0.2, 0) is 11.3 Å². The van der Waals surface area contributed by atoms with Gasteiger partial charge in [-0.05, 0) is 35.9 Å². The summed E-state index contributed by atoms with van der Waals surface area (Å²) in [4.78, 5) is 35.4. The number of nitrogens with one attached hydrogen (secondary N) is 1. The van der Waals surface area contributed by atoms with Crippen LogP contribution in [0.3, 0.4) is 0 Å². The molecule has 7 heteroatoms. The van der Waals surface area contributed by atoms with Crippen molar-refractivity contribution < 1.29 is 9.59 Å². The van der Waals surface area contributed by atoms with E-state index < -0.39 is 5.92 Å². The van der Waals surface area contributed by atoms with Crippen molar-refractivity contribution in [1.82, 2.24) is 20.1 Å². The number of aromatic nitrogens is 1. The molecule has 1 atom stereocenters. The summed E-state index contributed by atoms with van der Waals surface area (Å²) in [5.41, 5.74) is 1.74. The summed E-state index contributed by atoms with van der Waals surface area (Å²) in [6, 6.07) is 7.70.